The molecule has 1 saturated heterocycles. The molecular weight excluding hydrogens is 711 g/mol. The molecule has 3 aliphatic heterocycles. The molecule has 3 saturated carbocycles. The van der Waals surface area contributed by atoms with Crippen LogP contribution in [0.3, 0.4) is 0 Å². The van der Waals surface area contributed by atoms with Crippen LogP contribution >= 0.6 is 0 Å². The number of fused-ring (bicyclic) bond motifs is 6. The van der Waals surface area contributed by atoms with Gasteiger partial charge in [0.25, 0.3) is 5.91 Å². The summed E-state index contributed by atoms with van der Waals surface area (Å²) < 4.78 is 40.1. The average Bonchev–Trinajstić information content (AvgIpc) is 4.10. The van der Waals surface area contributed by atoms with Crippen molar-refractivity contribution in [2.24, 2.45) is 17.8 Å². The standard InChI is InChI=1S/C40H51N5O8S/c1-39(18-19-39)54(50,51)44-38(49)40-23-27(40)14-8-4-2-3-6-13-26-21-34(46)53-33-20-25(33)12-7-5-9-17-31-36(42-30-16-11-10-15-29(30)41-31)52-28-22-32(35(47)43-40)45(24-28)37(26)48/h8,10-11,14-16,25-28,32-33H,2-7,9,12-13,17-24H2,1H3,(H,43,47)(H,44,49)/b14-8-. The molecule has 6 aliphatic rings. The molecule has 7 atom stereocenters. The van der Waals surface area contributed by atoms with Crippen molar-refractivity contribution in [1.82, 2.24) is 24.9 Å². The number of esters is 1. The molecular formula is C40H51N5O8S. The average molecular weight is 762 g/mol. The Kier molecular flexibility index (Phi) is 9.93. The highest BCUT2D eigenvalue weighted by Crippen LogP contribution is 2.48. The van der Waals surface area contributed by atoms with Crippen LogP contribution < -0.4 is 14.8 Å². The Morgan fingerprint density at radius 2 is 1.72 bits per heavy atom. The van der Waals surface area contributed by atoms with Crippen LogP contribution in [0.25, 0.3) is 11.0 Å². The van der Waals surface area contributed by atoms with Crippen LogP contribution in [-0.2, 0) is 40.4 Å². The molecule has 14 heteroatoms. The normalized spacial score (nSPS) is 33.5. The van der Waals surface area contributed by atoms with Gasteiger partial charge < -0.3 is 19.7 Å². The Labute approximate surface area is 316 Å². The van der Waals surface area contributed by atoms with Crippen molar-refractivity contribution in [3.63, 3.8) is 0 Å². The second-order valence-corrected chi connectivity index (χ2v) is 18.9. The molecule has 3 amide bonds. The Morgan fingerprint density at radius 1 is 0.963 bits per heavy atom. The zero-order valence-corrected chi connectivity index (χ0v) is 31.8. The third-order valence-corrected chi connectivity index (χ3v) is 14.7. The zero-order chi connectivity index (χ0) is 37.7. The van der Waals surface area contributed by atoms with E-state index in [1.165, 1.54) is 4.90 Å². The first-order chi connectivity index (χ1) is 25.9. The lowest BCUT2D eigenvalue weighted by atomic mass is 9.95. The predicted octanol–water partition coefficient (Wildman–Crippen LogP) is 4.43. The van der Waals surface area contributed by atoms with Crippen molar-refractivity contribution >= 4 is 44.7 Å². The minimum Gasteiger partial charge on any atom is -0.471 e. The first-order valence-electron chi connectivity index (χ1n) is 19.9. The second-order valence-electron chi connectivity index (χ2n) is 16.7. The highest BCUT2D eigenvalue weighted by Gasteiger charge is 2.63. The number of aryl methyl sites for hydroxylation is 1. The summed E-state index contributed by atoms with van der Waals surface area (Å²) in [6.07, 6.45) is 13.2. The van der Waals surface area contributed by atoms with Gasteiger partial charge in [-0.1, -0.05) is 50.0 Å². The van der Waals surface area contributed by atoms with Gasteiger partial charge in [-0.2, -0.15) is 0 Å². The summed E-state index contributed by atoms with van der Waals surface area (Å²) in [5, 5.41) is 2.94. The maximum Gasteiger partial charge on any atom is 0.306 e. The van der Waals surface area contributed by atoms with Crippen LogP contribution in [0.1, 0.15) is 109 Å². The number of carbonyl (C=O) groups excluding carboxylic acids is 4. The summed E-state index contributed by atoms with van der Waals surface area (Å²) in [4.78, 5) is 67.6. The summed E-state index contributed by atoms with van der Waals surface area (Å²) in [5.41, 5.74) is 0.678. The Balaban J connectivity index is 1.12. The number of sulfonamides is 1. The third-order valence-electron chi connectivity index (χ3n) is 12.5. The Hall–Kier alpha value is -4.07. The van der Waals surface area contributed by atoms with E-state index in [9.17, 15) is 27.6 Å². The van der Waals surface area contributed by atoms with E-state index in [4.69, 9.17) is 19.4 Å². The first kappa shape index (κ1) is 36.9. The van der Waals surface area contributed by atoms with Gasteiger partial charge in [-0.3, -0.25) is 23.9 Å². The van der Waals surface area contributed by atoms with Gasteiger partial charge in [0.2, 0.25) is 27.7 Å². The van der Waals surface area contributed by atoms with Gasteiger partial charge in [0, 0.05) is 18.3 Å². The highest BCUT2D eigenvalue weighted by atomic mass is 32.2. The number of benzene rings is 1. The molecule has 0 spiro atoms. The molecule has 1 aromatic carbocycles. The van der Waals surface area contributed by atoms with Gasteiger partial charge in [0.05, 0.1) is 28.7 Å². The molecule has 13 nitrogen and oxygen atoms in total. The molecule has 4 fully saturated rings. The topological polar surface area (TPSA) is 174 Å². The molecule has 290 valence electrons. The van der Waals surface area contributed by atoms with E-state index in [0.29, 0.717) is 43.0 Å². The minimum absolute atomic E-state index is 0.0658. The molecule has 2 N–H and O–H groups in total. The van der Waals surface area contributed by atoms with Crippen molar-refractivity contribution < 1.29 is 37.1 Å². The molecule has 3 aliphatic carbocycles. The lowest BCUT2D eigenvalue weighted by Gasteiger charge is -2.29. The van der Waals surface area contributed by atoms with Gasteiger partial charge in [-0.05, 0) is 89.2 Å². The van der Waals surface area contributed by atoms with Crippen molar-refractivity contribution in [1.29, 1.82) is 0 Å². The number of aromatic nitrogens is 2. The fourth-order valence-corrected chi connectivity index (χ4v) is 9.79. The summed E-state index contributed by atoms with van der Waals surface area (Å²) in [5.74, 6) is -2.46. The third kappa shape index (κ3) is 7.59. The van der Waals surface area contributed by atoms with E-state index in [2.05, 4.69) is 10.0 Å². The molecule has 3 bridgehead atoms. The number of rotatable bonds is 3. The Morgan fingerprint density at radius 3 is 2.52 bits per heavy atom. The van der Waals surface area contributed by atoms with Gasteiger partial charge >= 0.3 is 5.97 Å². The summed E-state index contributed by atoms with van der Waals surface area (Å²) in [7, 11) is -3.97. The molecule has 7 unspecified atom stereocenters. The van der Waals surface area contributed by atoms with Gasteiger partial charge in [0.15, 0.2) is 0 Å². The van der Waals surface area contributed by atoms with E-state index < -0.39 is 62.1 Å². The SMILES string of the molecule is CC1(S(=O)(=O)NC(=O)C23CC2/C=C\CCCCCC2CC(=O)OC4CC4CCCCCc4nc5ccccc5nc4OC4CC(C(=O)N3)N(C4)C2=O)CC1. The maximum absolute atomic E-state index is 14.6. The lowest BCUT2D eigenvalue weighted by molar-refractivity contribution is -0.151. The maximum atomic E-state index is 14.6. The van der Waals surface area contributed by atoms with Crippen molar-refractivity contribution in [2.75, 3.05) is 6.54 Å². The zero-order valence-electron chi connectivity index (χ0n) is 31.0. The molecule has 4 heterocycles. The number of hydrogen-bond donors (Lipinski definition) is 2. The predicted molar refractivity (Wildman–Crippen MR) is 198 cm³/mol. The van der Waals surface area contributed by atoms with Gasteiger partial charge in [0.1, 0.15) is 29.5 Å². The van der Waals surface area contributed by atoms with Gasteiger partial charge in [-0.15, -0.1) is 0 Å². The van der Waals surface area contributed by atoms with Crippen molar-refractivity contribution in [2.45, 2.75) is 138 Å². The van der Waals surface area contributed by atoms with Crippen LogP contribution in [0.15, 0.2) is 36.4 Å². The van der Waals surface area contributed by atoms with Gasteiger partial charge in [-0.25, -0.2) is 18.4 Å². The molecule has 0 radical (unpaired) electrons. The van der Waals surface area contributed by atoms with Crippen LogP contribution in [0.4, 0.5) is 0 Å². The quantitative estimate of drug-likeness (QED) is 0.337. The van der Waals surface area contributed by atoms with Crippen molar-refractivity contribution in [3.05, 3.63) is 42.1 Å². The molecule has 8 rings (SSSR count). The second kappa shape index (κ2) is 14.5. The fourth-order valence-electron chi connectivity index (χ4n) is 8.48. The smallest absolute Gasteiger partial charge is 0.306 e. The highest BCUT2D eigenvalue weighted by molar-refractivity contribution is 7.91. The number of allylic oxidation sites excluding steroid dienone is 1. The summed E-state index contributed by atoms with van der Waals surface area (Å²) in [6.45, 7) is 1.67. The number of nitrogens with zero attached hydrogens (tertiary/aromatic N) is 3. The lowest BCUT2D eigenvalue weighted by Crippen LogP contribution is -2.57. The van der Waals surface area contributed by atoms with Crippen molar-refractivity contribution in [3.8, 4) is 5.88 Å². The number of amides is 3. The minimum atomic E-state index is -3.97. The van der Waals surface area contributed by atoms with E-state index in [-0.39, 0.29) is 37.8 Å². The number of carbonyl (C=O) groups is 4. The van der Waals surface area contributed by atoms with E-state index in [0.717, 1.165) is 69.0 Å². The first-order valence-corrected chi connectivity index (χ1v) is 21.4. The summed E-state index contributed by atoms with van der Waals surface area (Å²) in [6, 6.07) is 6.56. The number of hydrogen-bond acceptors (Lipinski definition) is 10. The van der Waals surface area contributed by atoms with E-state index in [1.807, 2.05) is 36.4 Å². The largest absolute Gasteiger partial charge is 0.471 e. The van der Waals surface area contributed by atoms with Crippen LogP contribution in [0.5, 0.6) is 5.88 Å². The van der Waals surface area contributed by atoms with E-state index >= 15 is 0 Å². The number of para-hydroxylation sites is 2. The van der Waals surface area contributed by atoms with Crippen LogP contribution in [0.2, 0.25) is 0 Å². The number of ether oxygens (including phenoxy) is 2. The molecule has 54 heavy (non-hydrogen) atoms. The fraction of sp³-hybridized carbons (Fsp3) is 0.650. The number of nitrogens with one attached hydrogen (secondary N) is 2. The molecule has 2 aromatic rings. The van der Waals surface area contributed by atoms with E-state index in [1.54, 1.807) is 6.92 Å². The monoisotopic (exact) mass is 761 g/mol. The summed E-state index contributed by atoms with van der Waals surface area (Å²) >= 11 is 0. The Bertz CT molecular complexity index is 1970. The van der Waals surface area contributed by atoms with Crippen LogP contribution in [0, 0.1) is 17.8 Å². The van der Waals surface area contributed by atoms with Crippen LogP contribution in [-0.4, -0.2) is 82.1 Å². The molecule has 1 aromatic heterocycles.